The fourth-order valence-electron chi connectivity index (χ4n) is 2.00. The summed E-state index contributed by atoms with van der Waals surface area (Å²) in [6.45, 7) is 5.22. The van der Waals surface area contributed by atoms with Crippen LogP contribution in [0.5, 0.6) is 0 Å². The Balaban J connectivity index is 2.07. The number of rotatable bonds is 7. The van der Waals surface area contributed by atoms with Crippen molar-refractivity contribution >= 4 is 45.8 Å². The van der Waals surface area contributed by atoms with Gasteiger partial charge in [0.1, 0.15) is 5.25 Å². The Bertz CT molecular complexity index is 839. The van der Waals surface area contributed by atoms with Crippen molar-refractivity contribution in [3.05, 3.63) is 39.4 Å². The van der Waals surface area contributed by atoms with E-state index in [0.717, 1.165) is 11.3 Å². The number of nitrogens with one attached hydrogen (secondary N) is 1. The van der Waals surface area contributed by atoms with Crippen molar-refractivity contribution in [2.75, 3.05) is 11.9 Å². The molecule has 0 radical (unpaired) electrons. The number of nitrogens with zero attached hydrogens (tertiary/aromatic N) is 3. The number of carbonyl (C=O) groups is 2. The van der Waals surface area contributed by atoms with Gasteiger partial charge in [0.2, 0.25) is 5.13 Å². The van der Waals surface area contributed by atoms with Gasteiger partial charge in [0.25, 0.3) is 11.6 Å². The summed E-state index contributed by atoms with van der Waals surface area (Å²) in [5, 5.41) is 21.1. The number of hydrogen-bond acceptors (Lipinski definition) is 9. The van der Waals surface area contributed by atoms with Gasteiger partial charge in [0.15, 0.2) is 4.34 Å². The van der Waals surface area contributed by atoms with Crippen LogP contribution in [0, 0.1) is 17.0 Å². The molecule has 0 aliphatic carbocycles. The summed E-state index contributed by atoms with van der Waals surface area (Å²) in [5.74, 6) is -0.872. The van der Waals surface area contributed by atoms with Crippen LogP contribution >= 0.6 is 23.1 Å². The van der Waals surface area contributed by atoms with Gasteiger partial charge in [-0.15, -0.1) is 10.2 Å². The summed E-state index contributed by atoms with van der Waals surface area (Å²) >= 11 is 2.28. The highest BCUT2D eigenvalue weighted by molar-refractivity contribution is 8.02. The van der Waals surface area contributed by atoms with E-state index in [0.29, 0.717) is 10.9 Å². The lowest BCUT2D eigenvalue weighted by molar-refractivity contribution is -0.385. The third kappa shape index (κ3) is 4.76. The molecule has 0 spiro atoms. The van der Waals surface area contributed by atoms with E-state index in [-0.39, 0.29) is 27.9 Å². The van der Waals surface area contributed by atoms with Crippen LogP contribution in [-0.2, 0) is 9.53 Å². The topological polar surface area (TPSA) is 124 Å². The minimum Gasteiger partial charge on any atom is -0.465 e. The molecule has 0 bridgehead atoms. The van der Waals surface area contributed by atoms with Gasteiger partial charge < -0.3 is 4.74 Å². The molecule has 0 aliphatic heterocycles. The van der Waals surface area contributed by atoms with E-state index in [1.54, 1.807) is 13.8 Å². The highest BCUT2D eigenvalue weighted by Crippen LogP contribution is 2.30. The van der Waals surface area contributed by atoms with Gasteiger partial charge >= 0.3 is 5.97 Å². The molecule has 0 saturated heterocycles. The number of ether oxygens (including phenoxy) is 1. The minimum absolute atomic E-state index is 0.130. The third-order valence-corrected chi connectivity index (χ3v) is 5.27. The summed E-state index contributed by atoms with van der Waals surface area (Å²) < 4.78 is 5.42. The number of aromatic nitrogens is 2. The van der Waals surface area contributed by atoms with Crippen LogP contribution in [-0.4, -0.2) is 38.9 Å². The molecule has 0 saturated carbocycles. The predicted molar refractivity (Wildman–Crippen MR) is 97.6 cm³/mol. The summed E-state index contributed by atoms with van der Waals surface area (Å²) in [6, 6.07) is 4.28. The van der Waals surface area contributed by atoms with Crippen molar-refractivity contribution in [1.82, 2.24) is 10.2 Å². The van der Waals surface area contributed by atoms with E-state index in [4.69, 9.17) is 4.74 Å². The average molecular weight is 396 g/mol. The quantitative estimate of drug-likeness (QED) is 0.249. The molecule has 2 aromatic rings. The molecular formula is C15H16N4O5S2. The van der Waals surface area contributed by atoms with Gasteiger partial charge in [0, 0.05) is 17.2 Å². The lowest BCUT2D eigenvalue weighted by Crippen LogP contribution is -2.16. The van der Waals surface area contributed by atoms with Gasteiger partial charge in [0.05, 0.1) is 11.5 Å². The minimum atomic E-state index is -0.539. The Morgan fingerprint density at radius 2 is 2.15 bits per heavy atom. The molecule has 0 fully saturated rings. The molecule has 1 heterocycles. The Morgan fingerprint density at radius 1 is 1.42 bits per heavy atom. The zero-order valence-electron chi connectivity index (χ0n) is 14.2. The lowest BCUT2D eigenvalue weighted by atomic mass is 10.1. The Hall–Kier alpha value is -2.53. The van der Waals surface area contributed by atoms with E-state index in [9.17, 15) is 19.7 Å². The van der Waals surface area contributed by atoms with E-state index in [1.165, 1.54) is 36.9 Å². The Labute approximate surface area is 157 Å². The summed E-state index contributed by atoms with van der Waals surface area (Å²) in [6.07, 6.45) is 0. The SMILES string of the molecule is CCOC(=O)[C@@H](C)Sc1nnc(NC(=O)c2cccc([N+](=O)[O-])c2C)s1. The first-order valence-electron chi connectivity index (χ1n) is 7.55. The lowest BCUT2D eigenvalue weighted by Gasteiger charge is -2.07. The van der Waals surface area contributed by atoms with Crippen molar-refractivity contribution in [3.8, 4) is 0 Å². The highest BCUT2D eigenvalue weighted by Gasteiger charge is 2.21. The number of nitro groups is 1. The monoisotopic (exact) mass is 396 g/mol. The molecule has 1 aromatic heterocycles. The molecule has 1 N–H and O–H groups in total. The molecule has 11 heteroatoms. The maximum absolute atomic E-state index is 12.4. The largest absolute Gasteiger partial charge is 0.465 e. The molecule has 26 heavy (non-hydrogen) atoms. The summed E-state index contributed by atoms with van der Waals surface area (Å²) in [7, 11) is 0. The predicted octanol–water partition coefficient (Wildman–Crippen LogP) is 3.05. The maximum atomic E-state index is 12.4. The number of thioether (sulfide) groups is 1. The molecule has 1 aromatic carbocycles. The Morgan fingerprint density at radius 3 is 2.81 bits per heavy atom. The van der Waals surface area contributed by atoms with Crippen LogP contribution in [0.25, 0.3) is 0 Å². The molecule has 0 aliphatic rings. The van der Waals surface area contributed by atoms with Gasteiger partial charge in [-0.05, 0) is 26.8 Å². The number of carbonyl (C=O) groups excluding carboxylic acids is 2. The smallest absolute Gasteiger partial charge is 0.319 e. The standard InChI is InChI=1S/C15H16N4O5S2/c1-4-24-13(21)9(3)25-15-18-17-14(26-15)16-12(20)10-6-5-7-11(8(10)2)19(22)23/h5-7,9H,4H2,1-3H3,(H,16,17,20)/t9-/m1/s1. The van der Waals surface area contributed by atoms with Crippen molar-refractivity contribution in [2.24, 2.45) is 0 Å². The second-order valence-electron chi connectivity index (χ2n) is 5.05. The fourth-order valence-corrected chi connectivity index (χ4v) is 3.89. The van der Waals surface area contributed by atoms with Gasteiger partial charge in [-0.1, -0.05) is 29.2 Å². The van der Waals surface area contributed by atoms with Crippen molar-refractivity contribution in [1.29, 1.82) is 0 Å². The van der Waals surface area contributed by atoms with Crippen LogP contribution < -0.4 is 5.32 Å². The summed E-state index contributed by atoms with van der Waals surface area (Å²) in [5.41, 5.74) is 0.322. The zero-order valence-corrected chi connectivity index (χ0v) is 15.8. The van der Waals surface area contributed by atoms with Gasteiger partial charge in [-0.25, -0.2) is 0 Å². The first-order chi connectivity index (χ1) is 12.3. The molecule has 138 valence electrons. The van der Waals surface area contributed by atoms with Crippen LogP contribution in [0.2, 0.25) is 0 Å². The number of benzene rings is 1. The van der Waals surface area contributed by atoms with Crippen LogP contribution in [0.4, 0.5) is 10.8 Å². The molecule has 9 nitrogen and oxygen atoms in total. The normalized spacial score (nSPS) is 11.7. The maximum Gasteiger partial charge on any atom is 0.319 e. The molecule has 2 rings (SSSR count). The first-order valence-corrected chi connectivity index (χ1v) is 9.25. The fraction of sp³-hybridized carbons (Fsp3) is 0.333. The van der Waals surface area contributed by atoms with E-state index >= 15 is 0 Å². The zero-order chi connectivity index (χ0) is 19.3. The number of nitro benzene ring substituents is 1. The first kappa shape index (κ1) is 19.8. The molecular weight excluding hydrogens is 380 g/mol. The Kier molecular flexibility index (Phi) is 6.64. The summed E-state index contributed by atoms with van der Waals surface area (Å²) in [4.78, 5) is 34.4. The van der Waals surface area contributed by atoms with Crippen LogP contribution in [0.15, 0.2) is 22.5 Å². The number of amides is 1. The average Bonchev–Trinajstić information content (AvgIpc) is 3.01. The van der Waals surface area contributed by atoms with Crippen molar-refractivity contribution in [3.63, 3.8) is 0 Å². The van der Waals surface area contributed by atoms with Crippen molar-refractivity contribution < 1.29 is 19.2 Å². The van der Waals surface area contributed by atoms with E-state index in [2.05, 4.69) is 15.5 Å². The van der Waals surface area contributed by atoms with Crippen LogP contribution in [0.1, 0.15) is 29.8 Å². The molecule has 1 amide bonds. The number of anilines is 1. The second kappa shape index (κ2) is 8.72. The van der Waals surface area contributed by atoms with E-state index in [1.807, 2.05) is 0 Å². The second-order valence-corrected chi connectivity index (χ2v) is 7.61. The highest BCUT2D eigenvalue weighted by atomic mass is 32.2. The molecule has 0 unspecified atom stereocenters. The number of hydrogen-bond donors (Lipinski definition) is 1. The van der Waals surface area contributed by atoms with E-state index < -0.39 is 16.1 Å². The molecule has 1 atom stereocenters. The van der Waals surface area contributed by atoms with Crippen LogP contribution in [0.3, 0.4) is 0 Å². The number of esters is 1. The van der Waals surface area contributed by atoms with Gasteiger partial charge in [-0.2, -0.15) is 0 Å². The third-order valence-electron chi connectivity index (χ3n) is 3.27. The van der Waals surface area contributed by atoms with Crippen molar-refractivity contribution in [2.45, 2.75) is 30.4 Å². The van der Waals surface area contributed by atoms with Gasteiger partial charge in [-0.3, -0.25) is 25.0 Å².